The summed E-state index contributed by atoms with van der Waals surface area (Å²) in [6, 6.07) is 11.8. The molecular weight excluding hydrogens is 433 g/mol. The molecule has 30 heavy (non-hydrogen) atoms. The molecule has 0 aliphatic heterocycles. The Balaban J connectivity index is 1.61. The van der Waals surface area contributed by atoms with Crippen LogP contribution in [0.1, 0.15) is 34.1 Å². The second-order valence-electron chi connectivity index (χ2n) is 6.54. The number of anilines is 1. The normalized spacial score (nSPS) is 11.8. The van der Waals surface area contributed by atoms with E-state index in [1.807, 2.05) is 0 Å². The lowest BCUT2D eigenvalue weighted by molar-refractivity contribution is -0.137. The Bertz CT molecular complexity index is 1060. The first-order valence-electron chi connectivity index (χ1n) is 9.13. The third-order valence-electron chi connectivity index (χ3n) is 4.32. The molecule has 0 saturated carbocycles. The van der Waals surface area contributed by atoms with Crippen molar-refractivity contribution in [1.82, 2.24) is 4.98 Å². The molecule has 0 spiro atoms. The van der Waals surface area contributed by atoms with Crippen molar-refractivity contribution in [1.29, 1.82) is 0 Å². The maximum absolute atomic E-state index is 12.9. The molecule has 0 radical (unpaired) electrons. The van der Waals surface area contributed by atoms with Crippen LogP contribution in [0.4, 0.5) is 18.3 Å². The van der Waals surface area contributed by atoms with Gasteiger partial charge in [-0.15, -0.1) is 11.3 Å². The maximum atomic E-state index is 12.9. The number of carbonyl (C=O) groups is 1. The van der Waals surface area contributed by atoms with E-state index in [2.05, 4.69) is 41.5 Å². The van der Waals surface area contributed by atoms with Gasteiger partial charge in [0.25, 0.3) is 0 Å². The lowest BCUT2D eigenvalue weighted by Crippen LogP contribution is -2.07. The van der Waals surface area contributed by atoms with Gasteiger partial charge in [-0.3, -0.25) is 10.1 Å². The van der Waals surface area contributed by atoms with E-state index < -0.39 is 17.6 Å². The number of alkyl halides is 3. The van der Waals surface area contributed by atoms with Gasteiger partial charge in [-0.1, -0.05) is 48.9 Å². The summed E-state index contributed by atoms with van der Waals surface area (Å²) in [6.45, 7) is 2.10. The standard InChI is InChI=1S/C22H18ClF3N2OS/c1-2-14-3-5-15(6-4-14)11-17-13-27-21(30-17)28-20(29)10-8-16-7-9-19(23)18(12-16)22(24,25)26/h3-10,12-13H,2,11H2,1H3,(H,27,28,29)/b10-8+. The van der Waals surface area contributed by atoms with Gasteiger partial charge in [-0.25, -0.2) is 4.98 Å². The van der Waals surface area contributed by atoms with Crippen LogP contribution >= 0.6 is 22.9 Å². The molecule has 0 aliphatic rings. The summed E-state index contributed by atoms with van der Waals surface area (Å²) in [5.41, 5.74) is 1.70. The van der Waals surface area contributed by atoms with Crippen LogP contribution in [0.25, 0.3) is 6.08 Å². The molecule has 0 unspecified atom stereocenters. The highest BCUT2D eigenvalue weighted by atomic mass is 35.5. The number of nitrogens with zero attached hydrogens (tertiary/aromatic N) is 1. The largest absolute Gasteiger partial charge is 0.417 e. The van der Waals surface area contributed by atoms with Crippen LogP contribution in [0.5, 0.6) is 0 Å². The number of hydrogen-bond donors (Lipinski definition) is 1. The fourth-order valence-electron chi connectivity index (χ4n) is 2.72. The van der Waals surface area contributed by atoms with Crippen molar-refractivity contribution in [3.63, 3.8) is 0 Å². The van der Waals surface area contributed by atoms with Gasteiger partial charge in [-0.2, -0.15) is 13.2 Å². The Morgan fingerprint density at radius 2 is 1.87 bits per heavy atom. The Kier molecular flexibility index (Phi) is 6.95. The fraction of sp³-hybridized carbons (Fsp3) is 0.182. The zero-order chi connectivity index (χ0) is 21.7. The van der Waals surface area contributed by atoms with Gasteiger partial charge in [-0.05, 0) is 41.3 Å². The van der Waals surface area contributed by atoms with Crippen molar-refractivity contribution in [2.75, 3.05) is 5.32 Å². The predicted octanol–water partition coefficient (Wildman–Crippen LogP) is 6.62. The number of halogens is 4. The van der Waals surface area contributed by atoms with E-state index in [-0.39, 0.29) is 10.6 Å². The molecule has 1 N–H and O–H groups in total. The molecule has 3 rings (SSSR count). The van der Waals surface area contributed by atoms with Crippen molar-refractivity contribution < 1.29 is 18.0 Å². The van der Waals surface area contributed by atoms with Crippen LogP contribution in [0.15, 0.2) is 54.7 Å². The molecule has 1 amide bonds. The highest BCUT2D eigenvalue weighted by molar-refractivity contribution is 7.15. The Morgan fingerprint density at radius 1 is 1.17 bits per heavy atom. The SMILES string of the molecule is CCc1ccc(Cc2cnc(NC(=O)/C=C/c3ccc(Cl)c(C(F)(F)F)c3)s2)cc1. The lowest BCUT2D eigenvalue weighted by Gasteiger charge is -2.09. The fourth-order valence-corrected chi connectivity index (χ4v) is 3.80. The highest BCUT2D eigenvalue weighted by Crippen LogP contribution is 2.35. The Morgan fingerprint density at radius 3 is 2.53 bits per heavy atom. The molecule has 8 heteroatoms. The maximum Gasteiger partial charge on any atom is 0.417 e. The third kappa shape index (κ3) is 5.93. The third-order valence-corrected chi connectivity index (χ3v) is 5.56. The summed E-state index contributed by atoms with van der Waals surface area (Å²) in [6.07, 6.45) is 1.29. The van der Waals surface area contributed by atoms with Crippen LogP contribution in [-0.4, -0.2) is 10.9 Å². The number of nitrogens with one attached hydrogen (secondary N) is 1. The summed E-state index contributed by atoms with van der Waals surface area (Å²) in [7, 11) is 0. The van der Waals surface area contributed by atoms with E-state index >= 15 is 0 Å². The second-order valence-corrected chi connectivity index (χ2v) is 8.06. The van der Waals surface area contributed by atoms with Crippen LogP contribution in [-0.2, 0) is 23.8 Å². The van der Waals surface area contributed by atoms with Crippen LogP contribution in [0, 0.1) is 0 Å². The average Bonchev–Trinajstić information content (AvgIpc) is 3.13. The average molecular weight is 451 g/mol. The summed E-state index contributed by atoms with van der Waals surface area (Å²) < 4.78 is 38.8. The number of benzene rings is 2. The van der Waals surface area contributed by atoms with E-state index in [0.717, 1.165) is 35.1 Å². The van der Waals surface area contributed by atoms with Gasteiger partial charge >= 0.3 is 6.18 Å². The Hall–Kier alpha value is -2.64. The monoisotopic (exact) mass is 450 g/mol. The van der Waals surface area contributed by atoms with Crippen LogP contribution in [0.2, 0.25) is 5.02 Å². The molecule has 1 aromatic heterocycles. The summed E-state index contributed by atoms with van der Waals surface area (Å²) >= 11 is 6.95. The van der Waals surface area contributed by atoms with Crippen molar-refractivity contribution in [2.45, 2.75) is 25.9 Å². The number of rotatable bonds is 6. The minimum absolute atomic E-state index is 0.220. The van der Waals surface area contributed by atoms with Gasteiger partial charge in [0, 0.05) is 23.6 Å². The summed E-state index contributed by atoms with van der Waals surface area (Å²) in [5, 5.41) is 2.67. The number of thiazole rings is 1. The number of carbonyl (C=O) groups excluding carboxylic acids is 1. The van der Waals surface area contributed by atoms with E-state index in [4.69, 9.17) is 11.6 Å². The van der Waals surface area contributed by atoms with E-state index in [1.165, 1.54) is 29.0 Å². The van der Waals surface area contributed by atoms with Gasteiger partial charge in [0.2, 0.25) is 5.91 Å². The minimum Gasteiger partial charge on any atom is -0.298 e. The van der Waals surface area contributed by atoms with E-state index in [1.54, 1.807) is 6.20 Å². The van der Waals surface area contributed by atoms with Crippen molar-refractivity contribution in [3.05, 3.63) is 86.9 Å². The van der Waals surface area contributed by atoms with Crippen molar-refractivity contribution in [2.24, 2.45) is 0 Å². The number of aryl methyl sites for hydroxylation is 1. The smallest absolute Gasteiger partial charge is 0.298 e. The second kappa shape index (κ2) is 9.45. The molecule has 2 aromatic carbocycles. The highest BCUT2D eigenvalue weighted by Gasteiger charge is 2.33. The summed E-state index contributed by atoms with van der Waals surface area (Å²) in [5.74, 6) is -0.480. The van der Waals surface area contributed by atoms with E-state index in [9.17, 15) is 18.0 Å². The first-order valence-corrected chi connectivity index (χ1v) is 10.3. The molecule has 0 atom stereocenters. The zero-order valence-electron chi connectivity index (χ0n) is 16.0. The van der Waals surface area contributed by atoms with Gasteiger partial charge in [0.05, 0.1) is 10.6 Å². The molecule has 0 aliphatic carbocycles. The number of amides is 1. The lowest BCUT2D eigenvalue weighted by atomic mass is 10.1. The first kappa shape index (κ1) is 22.1. The topological polar surface area (TPSA) is 42.0 Å². The van der Waals surface area contributed by atoms with Gasteiger partial charge in [0.1, 0.15) is 0 Å². The van der Waals surface area contributed by atoms with Crippen molar-refractivity contribution >= 4 is 40.1 Å². The molecular formula is C22H18ClF3N2OS. The minimum atomic E-state index is -4.56. The molecule has 0 fully saturated rings. The molecule has 3 aromatic rings. The Labute approximate surface area is 181 Å². The predicted molar refractivity (Wildman–Crippen MR) is 115 cm³/mol. The molecule has 1 heterocycles. The number of hydrogen-bond acceptors (Lipinski definition) is 3. The first-order chi connectivity index (χ1) is 14.2. The zero-order valence-corrected chi connectivity index (χ0v) is 17.5. The van der Waals surface area contributed by atoms with Gasteiger partial charge in [0.15, 0.2) is 5.13 Å². The molecule has 0 bridgehead atoms. The molecule has 0 saturated heterocycles. The van der Waals surface area contributed by atoms with Gasteiger partial charge < -0.3 is 0 Å². The summed E-state index contributed by atoms with van der Waals surface area (Å²) in [4.78, 5) is 17.3. The quantitative estimate of drug-likeness (QED) is 0.429. The van der Waals surface area contributed by atoms with Crippen molar-refractivity contribution in [3.8, 4) is 0 Å². The number of aromatic nitrogens is 1. The molecule has 3 nitrogen and oxygen atoms in total. The van der Waals surface area contributed by atoms with Crippen LogP contribution < -0.4 is 5.32 Å². The van der Waals surface area contributed by atoms with E-state index in [0.29, 0.717) is 11.6 Å². The van der Waals surface area contributed by atoms with Crippen LogP contribution in [0.3, 0.4) is 0 Å². The molecule has 156 valence electrons.